The molecule has 0 radical (unpaired) electrons. The van der Waals surface area contributed by atoms with Crippen LogP contribution >= 0.6 is 0 Å². The molecular formula is C17H19FN6. The van der Waals surface area contributed by atoms with Crippen LogP contribution in [0, 0.1) is 19.8 Å². The number of fused-ring (bicyclic) bond motifs is 1. The minimum Gasteiger partial charge on any atom is -0.353 e. The second-order valence-electron chi connectivity index (χ2n) is 6.10. The van der Waals surface area contributed by atoms with Crippen molar-refractivity contribution in [2.75, 3.05) is 36.0 Å². The highest BCUT2D eigenvalue weighted by atomic mass is 19.1. The van der Waals surface area contributed by atoms with Gasteiger partial charge in [-0.25, -0.2) is 9.97 Å². The molecule has 3 aromatic heterocycles. The van der Waals surface area contributed by atoms with Gasteiger partial charge in [-0.1, -0.05) is 6.07 Å². The molecule has 4 heterocycles. The van der Waals surface area contributed by atoms with Crippen LogP contribution in [0.4, 0.5) is 16.0 Å². The highest BCUT2D eigenvalue weighted by molar-refractivity contribution is 5.53. The summed E-state index contributed by atoms with van der Waals surface area (Å²) in [6.45, 7) is 7.21. The molecule has 124 valence electrons. The van der Waals surface area contributed by atoms with Crippen molar-refractivity contribution in [3.05, 3.63) is 47.7 Å². The van der Waals surface area contributed by atoms with E-state index in [1.807, 2.05) is 30.5 Å². The predicted molar refractivity (Wildman–Crippen MR) is 91.1 cm³/mol. The average Bonchev–Trinajstić information content (AvgIpc) is 2.94. The molecule has 0 unspecified atom stereocenters. The van der Waals surface area contributed by atoms with Gasteiger partial charge in [0.1, 0.15) is 11.6 Å². The van der Waals surface area contributed by atoms with Crippen LogP contribution in [-0.2, 0) is 0 Å². The Kier molecular flexibility index (Phi) is 3.55. The van der Waals surface area contributed by atoms with Gasteiger partial charge >= 0.3 is 0 Å². The summed E-state index contributed by atoms with van der Waals surface area (Å²) in [4.78, 5) is 12.9. The van der Waals surface area contributed by atoms with Gasteiger partial charge in [-0.3, -0.25) is 0 Å². The Balaban J connectivity index is 1.58. The fraction of sp³-hybridized carbons (Fsp3) is 0.353. The number of rotatable bonds is 2. The molecule has 0 atom stereocenters. The molecule has 1 aliphatic heterocycles. The molecule has 7 heteroatoms. The summed E-state index contributed by atoms with van der Waals surface area (Å²) < 4.78 is 15.2. The Bertz CT molecular complexity index is 882. The Morgan fingerprint density at radius 3 is 2.42 bits per heavy atom. The monoisotopic (exact) mass is 326 g/mol. The van der Waals surface area contributed by atoms with Gasteiger partial charge < -0.3 is 9.80 Å². The van der Waals surface area contributed by atoms with Gasteiger partial charge in [-0.05, 0) is 26.0 Å². The first kappa shape index (κ1) is 14.9. The van der Waals surface area contributed by atoms with Crippen molar-refractivity contribution in [1.29, 1.82) is 0 Å². The third-order valence-corrected chi connectivity index (χ3v) is 4.29. The van der Waals surface area contributed by atoms with E-state index in [-0.39, 0.29) is 0 Å². The van der Waals surface area contributed by atoms with E-state index in [9.17, 15) is 4.39 Å². The maximum absolute atomic E-state index is 13.3. The topological polar surface area (TPSA) is 49.6 Å². The van der Waals surface area contributed by atoms with E-state index in [4.69, 9.17) is 0 Å². The average molecular weight is 326 g/mol. The van der Waals surface area contributed by atoms with Gasteiger partial charge in [0.05, 0.1) is 5.69 Å². The quantitative estimate of drug-likeness (QED) is 0.676. The number of aromatic nitrogens is 4. The molecule has 0 aromatic carbocycles. The number of nitrogens with zero attached hydrogens (tertiary/aromatic N) is 6. The van der Waals surface area contributed by atoms with Crippen LogP contribution in [0.3, 0.4) is 0 Å². The summed E-state index contributed by atoms with van der Waals surface area (Å²) in [5.41, 5.74) is 2.81. The van der Waals surface area contributed by atoms with Crippen molar-refractivity contribution < 1.29 is 4.39 Å². The van der Waals surface area contributed by atoms with E-state index < -0.39 is 5.95 Å². The van der Waals surface area contributed by atoms with Crippen LogP contribution in [0.1, 0.15) is 11.4 Å². The van der Waals surface area contributed by atoms with Gasteiger partial charge in [0, 0.05) is 44.0 Å². The second kappa shape index (κ2) is 5.74. The molecule has 0 amide bonds. The van der Waals surface area contributed by atoms with Gasteiger partial charge in [-0.15, -0.1) is 0 Å². The highest BCUT2D eigenvalue weighted by Crippen LogP contribution is 2.21. The number of pyridine rings is 1. The summed E-state index contributed by atoms with van der Waals surface area (Å²) in [6, 6.07) is 8.98. The number of halogens is 1. The summed E-state index contributed by atoms with van der Waals surface area (Å²) >= 11 is 0. The minimum atomic E-state index is -0.437. The normalized spacial score (nSPS) is 15.3. The van der Waals surface area contributed by atoms with Crippen LogP contribution in [0.15, 0.2) is 30.3 Å². The fourth-order valence-corrected chi connectivity index (χ4v) is 3.16. The molecule has 0 saturated carbocycles. The lowest BCUT2D eigenvalue weighted by atomic mass is 10.3. The van der Waals surface area contributed by atoms with Crippen molar-refractivity contribution >= 4 is 17.3 Å². The van der Waals surface area contributed by atoms with Crippen molar-refractivity contribution in [3.8, 4) is 0 Å². The maximum atomic E-state index is 13.3. The first-order chi connectivity index (χ1) is 11.6. The number of piperazine rings is 1. The molecule has 0 N–H and O–H groups in total. The maximum Gasteiger partial charge on any atom is 0.214 e. The predicted octanol–water partition coefficient (Wildman–Crippen LogP) is 2.21. The SMILES string of the molecule is Cc1cc(N2CCN(c3cccc(F)n3)CC2)n2nc(C)cc2n1. The standard InChI is InChI=1S/C17H19FN6/c1-12-11-17(24-16(19-12)10-13(2)21-24)23-8-6-22(7-9-23)15-5-3-4-14(18)20-15/h3-5,10-11H,6-9H2,1-2H3. The van der Waals surface area contributed by atoms with Crippen molar-refractivity contribution in [2.24, 2.45) is 0 Å². The van der Waals surface area contributed by atoms with E-state index in [0.717, 1.165) is 49.0 Å². The number of aryl methyl sites for hydroxylation is 2. The summed E-state index contributed by atoms with van der Waals surface area (Å²) in [7, 11) is 0. The van der Waals surface area contributed by atoms with E-state index in [1.165, 1.54) is 6.07 Å². The van der Waals surface area contributed by atoms with E-state index in [1.54, 1.807) is 6.07 Å². The molecule has 3 aromatic rings. The first-order valence-corrected chi connectivity index (χ1v) is 8.07. The fourth-order valence-electron chi connectivity index (χ4n) is 3.16. The minimum absolute atomic E-state index is 0.437. The first-order valence-electron chi connectivity index (χ1n) is 8.07. The molecule has 1 fully saturated rings. The molecule has 0 spiro atoms. The smallest absolute Gasteiger partial charge is 0.214 e. The third kappa shape index (κ3) is 2.66. The largest absolute Gasteiger partial charge is 0.353 e. The van der Waals surface area contributed by atoms with Gasteiger partial charge in [0.2, 0.25) is 5.95 Å². The van der Waals surface area contributed by atoms with Crippen LogP contribution in [0.5, 0.6) is 0 Å². The molecular weight excluding hydrogens is 307 g/mol. The van der Waals surface area contributed by atoms with E-state index >= 15 is 0 Å². The van der Waals surface area contributed by atoms with Crippen molar-refractivity contribution in [3.63, 3.8) is 0 Å². The van der Waals surface area contributed by atoms with Crippen LogP contribution in [0.25, 0.3) is 5.65 Å². The Labute approximate surface area is 139 Å². The molecule has 0 bridgehead atoms. The molecule has 4 rings (SSSR count). The number of hydrogen-bond acceptors (Lipinski definition) is 5. The number of hydrogen-bond donors (Lipinski definition) is 0. The zero-order chi connectivity index (χ0) is 16.7. The summed E-state index contributed by atoms with van der Waals surface area (Å²) in [5.74, 6) is 1.31. The third-order valence-electron chi connectivity index (χ3n) is 4.29. The number of anilines is 2. The van der Waals surface area contributed by atoms with E-state index in [0.29, 0.717) is 5.82 Å². The van der Waals surface area contributed by atoms with Gasteiger partial charge in [0.15, 0.2) is 5.65 Å². The van der Waals surface area contributed by atoms with E-state index in [2.05, 4.69) is 30.9 Å². The molecule has 1 aliphatic rings. The lowest BCUT2D eigenvalue weighted by molar-refractivity contribution is 0.573. The molecule has 0 aliphatic carbocycles. The van der Waals surface area contributed by atoms with Crippen LogP contribution < -0.4 is 9.80 Å². The van der Waals surface area contributed by atoms with Crippen molar-refractivity contribution in [1.82, 2.24) is 19.6 Å². The van der Waals surface area contributed by atoms with Crippen molar-refractivity contribution in [2.45, 2.75) is 13.8 Å². The van der Waals surface area contributed by atoms with Crippen LogP contribution in [0.2, 0.25) is 0 Å². The Morgan fingerprint density at radius 1 is 0.917 bits per heavy atom. The van der Waals surface area contributed by atoms with Gasteiger partial charge in [0.25, 0.3) is 0 Å². The lowest BCUT2D eigenvalue weighted by Crippen LogP contribution is -2.47. The second-order valence-corrected chi connectivity index (χ2v) is 6.10. The Morgan fingerprint density at radius 2 is 1.67 bits per heavy atom. The Hall–Kier alpha value is -2.70. The molecule has 6 nitrogen and oxygen atoms in total. The van der Waals surface area contributed by atoms with Crippen LogP contribution in [-0.4, -0.2) is 45.8 Å². The summed E-state index contributed by atoms with van der Waals surface area (Å²) in [5, 5.41) is 4.56. The molecule has 24 heavy (non-hydrogen) atoms. The lowest BCUT2D eigenvalue weighted by Gasteiger charge is -2.36. The highest BCUT2D eigenvalue weighted by Gasteiger charge is 2.21. The molecule has 1 saturated heterocycles. The zero-order valence-electron chi connectivity index (χ0n) is 13.8. The zero-order valence-corrected chi connectivity index (χ0v) is 13.8. The summed E-state index contributed by atoms with van der Waals surface area (Å²) in [6.07, 6.45) is 0. The van der Waals surface area contributed by atoms with Gasteiger partial charge in [-0.2, -0.15) is 14.0 Å².